The molecule has 0 saturated heterocycles. The topological polar surface area (TPSA) is 45.7 Å². The molecular weight excluding hydrogens is 320 g/mol. The second kappa shape index (κ2) is 7.30. The number of carbonyl (C=O) groups is 1. The molecule has 2 atom stereocenters. The molecule has 1 amide bonds. The molecule has 132 valence electrons. The molecule has 0 aliphatic heterocycles. The van der Waals surface area contributed by atoms with Gasteiger partial charge < -0.3 is 10.6 Å². The lowest BCUT2D eigenvalue weighted by Gasteiger charge is -2.26. The lowest BCUT2D eigenvalue weighted by Crippen LogP contribution is -2.92. The van der Waals surface area contributed by atoms with Gasteiger partial charge in [0.05, 0.1) is 0 Å². The third-order valence-corrected chi connectivity index (χ3v) is 5.37. The Bertz CT molecular complexity index is 934. The fraction of sp³-hybridized carbons (Fsp3) is 0.261. The molecule has 1 aliphatic carbocycles. The zero-order valence-electron chi connectivity index (χ0n) is 15.1. The van der Waals surface area contributed by atoms with Gasteiger partial charge >= 0.3 is 0 Å². The molecule has 3 aromatic carbocycles. The van der Waals surface area contributed by atoms with Crippen molar-refractivity contribution in [2.24, 2.45) is 0 Å². The van der Waals surface area contributed by atoms with Gasteiger partial charge in [0.1, 0.15) is 6.04 Å². The van der Waals surface area contributed by atoms with E-state index in [0.29, 0.717) is 6.04 Å². The van der Waals surface area contributed by atoms with Crippen LogP contribution in [0.2, 0.25) is 0 Å². The fourth-order valence-corrected chi connectivity index (χ4v) is 3.95. The highest BCUT2D eigenvalue weighted by Gasteiger charge is 2.27. The Labute approximate surface area is 154 Å². The molecule has 0 saturated carbocycles. The van der Waals surface area contributed by atoms with E-state index in [1.54, 1.807) is 0 Å². The molecule has 0 heterocycles. The van der Waals surface area contributed by atoms with Crippen LogP contribution in [0.25, 0.3) is 10.8 Å². The summed E-state index contributed by atoms with van der Waals surface area (Å²) in [7, 11) is 0. The van der Waals surface area contributed by atoms with E-state index in [1.165, 1.54) is 22.9 Å². The number of aryl methyl sites for hydroxylation is 1. The van der Waals surface area contributed by atoms with Gasteiger partial charge in [-0.1, -0.05) is 54.6 Å². The van der Waals surface area contributed by atoms with Gasteiger partial charge in [-0.3, -0.25) is 4.79 Å². The summed E-state index contributed by atoms with van der Waals surface area (Å²) in [6.07, 6.45) is 3.47. The minimum absolute atomic E-state index is 0.0586. The molecule has 0 spiro atoms. The Morgan fingerprint density at radius 2 is 1.81 bits per heavy atom. The van der Waals surface area contributed by atoms with Gasteiger partial charge in [0.2, 0.25) is 0 Å². The first-order valence-electron chi connectivity index (χ1n) is 9.43. The minimum Gasteiger partial charge on any atom is -0.330 e. The first kappa shape index (κ1) is 16.8. The molecule has 4 rings (SSSR count). The maximum absolute atomic E-state index is 12.7. The fourth-order valence-electron chi connectivity index (χ4n) is 3.95. The summed E-state index contributed by atoms with van der Waals surface area (Å²) in [6, 6.07) is 23.1. The second-order valence-corrected chi connectivity index (χ2v) is 7.23. The minimum atomic E-state index is -0.127. The maximum atomic E-state index is 12.7. The lowest BCUT2D eigenvalue weighted by atomic mass is 9.87. The van der Waals surface area contributed by atoms with Crippen molar-refractivity contribution in [2.75, 3.05) is 5.32 Å². The number of benzene rings is 3. The molecule has 1 aliphatic rings. The van der Waals surface area contributed by atoms with Crippen LogP contribution in [0.5, 0.6) is 0 Å². The average Bonchev–Trinajstić information content (AvgIpc) is 2.68. The normalized spacial score (nSPS) is 17.5. The molecular formula is C23H25N2O+. The van der Waals surface area contributed by atoms with Crippen molar-refractivity contribution < 1.29 is 10.1 Å². The van der Waals surface area contributed by atoms with Crippen LogP contribution in [0, 0.1) is 0 Å². The molecule has 26 heavy (non-hydrogen) atoms. The Morgan fingerprint density at radius 3 is 2.69 bits per heavy atom. The van der Waals surface area contributed by atoms with Crippen molar-refractivity contribution in [2.45, 2.75) is 38.3 Å². The highest BCUT2D eigenvalue weighted by Crippen LogP contribution is 2.26. The monoisotopic (exact) mass is 345 g/mol. The molecule has 0 aromatic heterocycles. The molecule has 3 N–H and O–H groups in total. The zero-order valence-corrected chi connectivity index (χ0v) is 15.1. The number of hydrogen-bond acceptors (Lipinski definition) is 1. The van der Waals surface area contributed by atoms with E-state index in [2.05, 4.69) is 53.1 Å². The number of nitrogens with one attached hydrogen (secondary N) is 1. The van der Waals surface area contributed by atoms with Gasteiger partial charge in [-0.25, -0.2) is 0 Å². The Hall–Kier alpha value is -2.65. The molecule has 3 aromatic rings. The molecule has 0 bridgehead atoms. The number of quaternary nitrogens is 1. The molecule has 0 unspecified atom stereocenters. The first-order valence-corrected chi connectivity index (χ1v) is 9.43. The van der Waals surface area contributed by atoms with Gasteiger partial charge in [-0.2, -0.15) is 0 Å². The van der Waals surface area contributed by atoms with Crippen LogP contribution in [-0.2, 0) is 11.2 Å². The van der Waals surface area contributed by atoms with E-state index >= 15 is 0 Å². The summed E-state index contributed by atoms with van der Waals surface area (Å²) in [5.74, 6) is 0.0586. The van der Waals surface area contributed by atoms with E-state index in [4.69, 9.17) is 0 Å². The van der Waals surface area contributed by atoms with Gasteiger partial charge in [0, 0.05) is 17.7 Å². The summed E-state index contributed by atoms with van der Waals surface area (Å²) in [5, 5.41) is 7.62. The SMILES string of the molecule is C[C@@H]([NH2+][C@@H]1CCCc2ccccc21)C(=O)Nc1ccc2ccccc2c1. The van der Waals surface area contributed by atoms with Crippen LogP contribution in [-0.4, -0.2) is 11.9 Å². The van der Waals surface area contributed by atoms with Crippen LogP contribution in [0.4, 0.5) is 5.69 Å². The summed E-state index contributed by atoms with van der Waals surface area (Å²) in [6.45, 7) is 1.99. The summed E-state index contributed by atoms with van der Waals surface area (Å²) < 4.78 is 0. The molecule has 3 heteroatoms. The van der Waals surface area contributed by atoms with E-state index in [-0.39, 0.29) is 11.9 Å². The van der Waals surface area contributed by atoms with E-state index in [9.17, 15) is 4.79 Å². The number of amides is 1. The standard InChI is InChI=1S/C23H24N2O/c1-16(24-22-12-6-10-18-8-4-5-11-21(18)22)23(26)25-20-14-13-17-7-2-3-9-19(17)15-20/h2-5,7-9,11,13-16,22,24H,6,10,12H2,1H3,(H,25,26)/p+1/t16-,22-/m1/s1. The van der Waals surface area contributed by atoms with E-state index in [0.717, 1.165) is 23.9 Å². The number of nitrogens with two attached hydrogens (primary N) is 1. The van der Waals surface area contributed by atoms with Crippen LogP contribution in [0.3, 0.4) is 0 Å². The van der Waals surface area contributed by atoms with Gasteiger partial charge in [-0.15, -0.1) is 0 Å². The van der Waals surface area contributed by atoms with Crippen LogP contribution >= 0.6 is 0 Å². The van der Waals surface area contributed by atoms with Crippen molar-refractivity contribution in [3.8, 4) is 0 Å². The van der Waals surface area contributed by atoms with Crippen molar-refractivity contribution >= 4 is 22.4 Å². The Balaban J connectivity index is 1.45. The quantitative estimate of drug-likeness (QED) is 0.742. The predicted molar refractivity (Wildman–Crippen MR) is 106 cm³/mol. The number of hydrogen-bond donors (Lipinski definition) is 2. The van der Waals surface area contributed by atoms with E-state index < -0.39 is 0 Å². The van der Waals surface area contributed by atoms with Crippen LogP contribution in [0.15, 0.2) is 66.7 Å². The summed E-state index contributed by atoms with van der Waals surface area (Å²) >= 11 is 0. The summed E-state index contributed by atoms with van der Waals surface area (Å²) in [5.41, 5.74) is 3.68. The van der Waals surface area contributed by atoms with Gasteiger partial charge in [0.25, 0.3) is 5.91 Å². The highest BCUT2D eigenvalue weighted by molar-refractivity contribution is 5.96. The number of fused-ring (bicyclic) bond motifs is 2. The highest BCUT2D eigenvalue weighted by atomic mass is 16.2. The zero-order chi connectivity index (χ0) is 17.9. The molecule has 0 radical (unpaired) electrons. The predicted octanol–water partition coefficient (Wildman–Crippen LogP) is 3.81. The van der Waals surface area contributed by atoms with Gasteiger partial charge in [0.15, 0.2) is 6.04 Å². The van der Waals surface area contributed by atoms with Crippen molar-refractivity contribution in [3.63, 3.8) is 0 Å². The Kier molecular flexibility index (Phi) is 4.72. The number of carbonyl (C=O) groups excluding carboxylic acids is 1. The van der Waals surface area contributed by atoms with Crippen molar-refractivity contribution in [1.29, 1.82) is 0 Å². The van der Waals surface area contributed by atoms with Crippen molar-refractivity contribution in [1.82, 2.24) is 0 Å². The average molecular weight is 345 g/mol. The van der Waals surface area contributed by atoms with E-state index in [1.807, 2.05) is 31.2 Å². The van der Waals surface area contributed by atoms with Crippen molar-refractivity contribution in [3.05, 3.63) is 77.9 Å². The maximum Gasteiger partial charge on any atom is 0.282 e. The number of rotatable bonds is 4. The third-order valence-electron chi connectivity index (χ3n) is 5.37. The van der Waals surface area contributed by atoms with Gasteiger partial charge in [-0.05, 0) is 48.2 Å². The number of anilines is 1. The summed E-state index contributed by atoms with van der Waals surface area (Å²) in [4.78, 5) is 12.7. The largest absolute Gasteiger partial charge is 0.330 e. The lowest BCUT2D eigenvalue weighted by molar-refractivity contribution is -0.714. The van der Waals surface area contributed by atoms with Crippen LogP contribution in [0.1, 0.15) is 36.9 Å². The second-order valence-electron chi connectivity index (χ2n) is 7.23. The van der Waals surface area contributed by atoms with Crippen LogP contribution < -0.4 is 10.6 Å². The third kappa shape index (κ3) is 3.49. The first-order chi connectivity index (χ1) is 12.7. The smallest absolute Gasteiger partial charge is 0.282 e. The molecule has 3 nitrogen and oxygen atoms in total. The molecule has 0 fully saturated rings. The Morgan fingerprint density at radius 1 is 1.04 bits per heavy atom.